The second kappa shape index (κ2) is 7.76. The molecule has 0 radical (unpaired) electrons. The first kappa shape index (κ1) is 19.8. The van der Waals surface area contributed by atoms with Crippen LogP contribution in [0.5, 0.6) is 0 Å². The van der Waals surface area contributed by atoms with Crippen LogP contribution in [0, 0.1) is 13.8 Å². The zero-order chi connectivity index (χ0) is 21.3. The molecule has 152 valence electrons. The van der Waals surface area contributed by atoms with E-state index in [1.165, 1.54) is 11.4 Å². The molecule has 0 aliphatic heterocycles. The molecule has 0 amide bonds. The summed E-state index contributed by atoms with van der Waals surface area (Å²) in [7, 11) is -2.31. The Morgan fingerprint density at radius 1 is 0.833 bits per heavy atom. The molecule has 7 heteroatoms. The van der Waals surface area contributed by atoms with Gasteiger partial charge in [0.25, 0.3) is 15.9 Å². The molecule has 0 N–H and O–H groups in total. The standard InChI is InChI=1S/C23H21N3O3S/c1-16-8-12-18(13-9-16)22-24-23(29-25-22)20-6-4-5-7-21(20)30(27,28)26(3)19-14-10-17(2)11-15-19/h4-15H,1-3H3. The normalized spacial score (nSPS) is 11.4. The van der Waals surface area contributed by atoms with Gasteiger partial charge >= 0.3 is 0 Å². The van der Waals surface area contributed by atoms with E-state index in [1.807, 2.05) is 50.2 Å². The average molecular weight is 420 g/mol. The summed E-state index contributed by atoms with van der Waals surface area (Å²) in [5.41, 5.74) is 3.91. The Morgan fingerprint density at radius 2 is 1.43 bits per heavy atom. The number of aromatic nitrogens is 2. The van der Waals surface area contributed by atoms with Gasteiger partial charge in [0, 0.05) is 12.6 Å². The third-order valence-electron chi connectivity index (χ3n) is 4.89. The predicted octanol–water partition coefficient (Wildman–Crippen LogP) is 4.85. The SMILES string of the molecule is Cc1ccc(-c2noc(-c3ccccc3S(=O)(=O)N(C)c3ccc(C)cc3)n2)cc1. The van der Waals surface area contributed by atoms with Crippen molar-refractivity contribution in [1.29, 1.82) is 0 Å². The molecule has 1 heterocycles. The second-order valence-corrected chi connectivity index (χ2v) is 9.03. The van der Waals surface area contributed by atoms with Crippen molar-refractivity contribution in [2.75, 3.05) is 11.4 Å². The fourth-order valence-corrected chi connectivity index (χ4v) is 4.44. The Kier molecular flexibility index (Phi) is 5.13. The molecule has 1 aromatic heterocycles. The van der Waals surface area contributed by atoms with Crippen molar-refractivity contribution in [2.45, 2.75) is 18.7 Å². The van der Waals surface area contributed by atoms with E-state index in [-0.39, 0.29) is 10.8 Å². The Hall–Kier alpha value is -3.45. The maximum absolute atomic E-state index is 13.4. The molecule has 0 aliphatic rings. The maximum atomic E-state index is 13.4. The molecule has 0 atom stereocenters. The van der Waals surface area contributed by atoms with Crippen molar-refractivity contribution < 1.29 is 12.9 Å². The minimum atomic E-state index is -3.84. The average Bonchev–Trinajstić information content (AvgIpc) is 3.24. The van der Waals surface area contributed by atoms with Crippen LogP contribution in [0.1, 0.15) is 11.1 Å². The lowest BCUT2D eigenvalue weighted by atomic mass is 10.1. The van der Waals surface area contributed by atoms with Gasteiger partial charge in [-0.1, -0.05) is 64.8 Å². The van der Waals surface area contributed by atoms with E-state index in [0.29, 0.717) is 17.1 Å². The summed E-state index contributed by atoms with van der Waals surface area (Å²) >= 11 is 0. The van der Waals surface area contributed by atoms with E-state index in [4.69, 9.17) is 4.52 Å². The highest BCUT2D eigenvalue weighted by atomic mass is 32.2. The van der Waals surface area contributed by atoms with Gasteiger partial charge in [-0.2, -0.15) is 4.98 Å². The molecule has 3 aromatic carbocycles. The Morgan fingerprint density at radius 3 is 2.10 bits per heavy atom. The second-order valence-electron chi connectivity index (χ2n) is 7.09. The number of aryl methyl sites for hydroxylation is 2. The van der Waals surface area contributed by atoms with E-state index in [1.54, 1.807) is 36.4 Å². The number of anilines is 1. The van der Waals surface area contributed by atoms with E-state index >= 15 is 0 Å². The number of nitrogens with zero attached hydrogens (tertiary/aromatic N) is 3. The monoisotopic (exact) mass is 419 g/mol. The maximum Gasteiger partial charge on any atom is 0.264 e. The molecule has 0 saturated carbocycles. The third kappa shape index (κ3) is 3.71. The molecule has 0 unspecified atom stereocenters. The van der Waals surface area contributed by atoms with E-state index in [9.17, 15) is 8.42 Å². The number of sulfonamides is 1. The summed E-state index contributed by atoms with van der Waals surface area (Å²) in [6.07, 6.45) is 0. The van der Waals surface area contributed by atoms with Crippen LogP contribution in [-0.2, 0) is 10.0 Å². The first-order valence-electron chi connectivity index (χ1n) is 9.42. The fraction of sp³-hybridized carbons (Fsp3) is 0.130. The predicted molar refractivity (Wildman–Crippen MR) is 117 cm³/mol. The first-order chi connectivity index (χ1) is 14.4. The lowest BCUT2D eigenvalue weighted by Gasteiger charge is -2.20. The largest absolute Gasteiger partial charge is 0.334 e. The van der Waals surface area contributed by atoms with Crippen LogP contribution in [0.3, 0.4) is 0 Å². The minimum absolute atomic E-state index is 0.104. The molecule has 0 fully saturated rings. The van der Waals surface area contributed by atoms with Crippen LogP contribution in [0.2, 0.25) is 0 Å². The molecule has 0 aliphatic carbocycles. The van der Waals surface area contributed by atoms with Gasteiger partial charge < -0.3 is 4.52 Å². The van der Waals surface area contributed by atoms with Crippen LogP contribution in [0.25, 0.3) is 22.8 Å². The van der Waals surface area contributed by atoms with E-state index < -0.39 is 10.0 Å². The van der Waals surface area contributed by atoms with Gasteiger partial charge in [-0.05, 0) is 38.1 Å². The van der Waals surface area contributed by atoms with Crippen molar-refractivity contribution in [3.05, 3.63) is 83.9 Å². The summed E-state index contributed by atoms with van der Waals surface area (Å²) in [6.45, 7) is 3.95. The van der Waals surface area contributed by atoms with Gasteiger partial charge in [-0.15, -0.1) is 0 Å². The Balaban J connectivity index is 1.74. The molecule has 30 heavy (non-hydrogen) atoms. The molecule has 4 aromatic rings. The highest BCUT2D eigenvalue weighted by Crippen LogP contribution is 2.31. The highest BCUT2D eigenvalue weighted by Gasteiger charge is 2.27. The van der Waals surface area contributed by atoms with Crippen LogP contribution in [0.4, 0.5) is 5.69 Å². The molecular formula is C23H21N3O3S. The highest BCUT2D eigenvalue weighted by molar-refractivity contribution is 7.93. The lowest BCUT2D eigenvalue weighted by Crippen LogP contribution is -2.27. The van der Waals surface area contributed by atoms with Crippen molar-refractivity contribution in [3.8, 4) is 22.8 Å². The zero-order valence-electron chi connectivity index (χ0n) is 16.9. The van der Waals surface area contributed by atoms with E-state index in [2.05, 4.69) is 10.1 Å². The molecule has 6 nitrogen and oxygen atoms in total. The van der Waals surface area contributed by atoms with Gasteiger partial charge in [0.15, 0.2) is 0 Å². The number of benzene rings is 3. The fourth-order valence-electron chi connectivity index (χ4n) is 3.06. The van der Waals surface area contributed by atoms with Gasteiger partial charge in [-0.3, -0.25) is 4.31 Å². The van der Waals surface area contributed by atoms with Gasteiger partial charge in [-0.25, -0.2) is 8.42 Å². The Labute approximate surface area is 175 Å². The van der Waals surface area contributed by atoms with Crippen LogP contribution >= 0.6 is 0 Å². The van der Waals surface area contributed by atoms with Crippen molar-refractivity contribution in [1.82, 2.24) is 10.1 Å². The minimum Gasteiger partial charge on any atom is -0.334 e. The topological polar surface area (TPSA) is 76.3 Å². The van der Waals surface area contributed by atoms with Crippen LogP contribution in [-0.4, -0.2) is 25.6 Å². The molecular weight excluding hydrogens is 398 g/mol. The Bertz CT molecular complexity index is 1280. The molecule has 4 rings (SSSR count). The van der Waals surface area contributed by atoms with Gasteiger partial charge in [0.05, 0.1) is 11.3 Å². The van der Waals surface area contributed by atoms with E-state index in [0.717, 1.165) is 16.7 Å². The summed E-state index contributed by atoms with van der Waals surface area (Å²) in [6, 6.07) is 21.7. The van der Waals surface area contributed by atoms with Gasteiger partial charge in [0.1, 0.15) is 4.90 Å². The van der Waals surface area contributed by atoms with Crippen molar-refractivity contribution in [2.24, 2.45) is 0 Å². The van der Waals surface area contributed by atoms with Crippen LogP contribution < -0.4 is 4.31 Å². The third-order valence-corrected chi connectivity index (χ3v) is 6.73. The van der Waals surface area contributed by atoms with Crippen LogP contribution in [0.15, 0.2) is 82.2 Å². The van der Waals surface area contributed by atoms with Crippen molar-refractivity contribution in [3.63, 3.8) is 0 Å². The lowest BCUT2D eigenvalue weighted by molar-refractivity contribution is 0.431. The molecule has 0 saturated heterocycles. The summed E-state index contributed by atoms with van der Waals surface area (Å²) < 4.78 is 33.4. The summed E-state index contributed by atoms with van der Waals surface area (Å²) in [5.74, 6) is 0.561. The summed E-state index contributed by atoms with van der Waals surface area (Å²) in [5, 5.41) is 4.03. The molecule has 0 spiro atoms. The van der Waals surface area contributed by atoms with Gasteiger partial charge in [0.2, 0.25) is 5.82 Å². The molecule has 0 bridgehead atoms. The van der Waals surface area contributed by atoms with Crippen molar-refractivity contribution >= 4 is 15.7 Å². The number of rotatable bonds is 5. The smallest absolute Gasteiger partial charge is 0.264 e. The number of hydrogen-bond acceptors (Lipinski definition) is 5. The number of hydrogen-bond donors (Lipinski definition) is 0. The summed E-state index contributed by atoms with van der Waals surface area (Å²) in [4.78, 5) is 4.54. The quantitative estimate of drug-likeness (QED) is 0.462. The first-order valence-corrected chi connectivity index (χ1v) is 10.9. The zero-order valence-corrected chi connectivity index (χ0v) is 17.7.